The van der Waals surface area contributed by atoms with Crippen LogP contribution < -0.4 is 15.2 Å². The number of benzene rings is 2. The number of rotatable bonds is 8. The average Bonchev–Trinajstić information content (AvgIpc) is 2.74. The third-order valence-corrected chi connectivity index (χ3v) is 4.50. The van der Waals surface area contributed by atoms with E-state index in [0.29, 0.717) is 12.6 Å². The van der Waals surface area contributed by atoms with E-state index in [4.69, 9.17) is 15.2 Å². The first-order valence-corrected chi connectivity index (χ1v) is 9.61. The number of carboxylic acids is 1. The maximum absolute atomic E-state index is 14.3. The predicted octanol–water partition coefficient (Wildman–Crippen LogP) is 4.77. The van der Waals surface area contributed by atoms with E-state index < -0.39 is 41.4 Å². The van der Waals surface area contributed by atoms with E-state index in [9.17, 15) is 18.7 Å². The van der Waals surface area contributed by atoms with Crippen molar-refractivity contribution >= 4 is 5.97 Å². The van der Waals surface area contributed by atoms with Crippen molar-refractivity contribution in [1.82, 2.24) is 4.98 Å². The van der Waals surface area contributed by atoms with Crippen LogP contribution in [-0.4, -0.2) is 22.2 Å². The topological polar surface area (TPSA) is 94.7 Å². The molecule has 0 bridgehead atoms. The minimum absolute atomic E-state index is 0.262. The molecule has 0 aliphatic rings. The fourth-order valence-corrected chi connectivity index (χ4v) is 2.91. The zero-order chi connectivity index (χ0) is 22.5. The molecule has 3 aromatic rings. The Labute approximate surface area is 178 Å². The first-order valence-electron chi connectivity index (χ1n) is 9.61. The van der Waals surface area contributed by atoms with Crippen LogP contribution in [0.15, 0.2) is 54.6 Å². The number of carbonyl (C=O) groups is 1. The molecule has 0 radical (unpaired) electrons. The largest absolute Gasteiger partial charge is 0.478 e. The average molecular weight is 428 g/mol. The van der Waals surface area contributed by atoms with Crippen molar-refractivity contribution in [3.05, 3.63) is 71.8 Å². The van der Waals surface area contributed by atoms with Gasteiger partial charge in [-0.1, -0.05) is 44.2 Å². The van der Waals surface area contributed by atoms with Crippen molar-refractivity contribution in [2.75, 3.05) is 0 Å². The number of carboxylic acid groups (broad SMARTS) is 1. The Morgan fingerprint density at radius 1 is 1.03 bits per heavy atom. The van der Waals surface area contributed by atoms with Crippen LogP contribution in [0.3, 0.4) is 0 Å². The van der Waals surface area contributed by atoms with Crippen LogP contribution in [0.4, 0.5) is 8.78 Å². The molecule has 0 saturated heterocycles. The zero-order valence-electron chi connectivity index (χ0n) is 17.0. The maximum Gasteiger partial charge on any atom is 0.345 e. The molecule has 3 rings (SSSR count). The van der Waals surface area contributed by atoms with Gasteiger partial charge < -0.3 is 20.3 Å². The third kappa shape index (κ3) is 5.35. The summed E-state index contributed by atoms with van der Waals surface area (Å²) in [4.78, 5) is 15.1. The number of nitrogens with zero attached hydrogens (tertiary/aromatic N) is 1. The second-order valence-corrected chi connectivity index (χ2v) is 7.22. The van der Waals surface area contributed by atoms with E-state index in [0.717, 1.165) is 16.7 Å². The molecule has 0 aliphatic carbocycles. The van der Waals surface area contributed by atoms with Crippen LogP contribution in [0.2, 0.25) is 0 Å². The molecule has 0 unspecified atom stereocenters. The molecule has 6 nitrogen and oxygen atoms in total. The van der Waals surface area contributed by atoms with Crippen LogP contribution >= 0.6 is 0 Å². The van der Waals surface area contributed by atoms with Crippen molar-refractivity contribution < 1.29 is 28.2 Å². The van der Waals surface area contributed by atoms with Crippen molar-refractivity contribution in [1.29, 1.82) is 0 Å². The molecule has 0 amide bonds. The zero-order valence-corrected chi connectivity index (χ0v) is 17.0. The number of ether oxygens (including phenoxy) is 2. The summed E-state index contributed by atoms with van der Waals surface area (Å²) >= 11 is 0. The van der Waals surface area contributed by atoms with Crippen LogP contribution in [0.1, 0.15) is 19.4 Å². The van der Waals surface area contributed by atoms with Crippen LogP contribution in [-0.2, 0) is 11.3 Å². The molecular formula is C23H22F2N2O4. The van der Waals surface area contributed by atoms with Gasteiger partial charge in [-0.3, -0.25) is 0 Å². The van der Waals surface area contributed by atoms with Crippen molar-refractivity contribution in [2.45, 2.75) is 26.5 Å². The highest BCUT2D eigenvalue weighted by molar-refractivity contribution is 5.73. The minimum Gasteiger partial charge on any atom is -0.478 e. The SMILES string of the molecule is CC(C)[C@@H](Oc1nc(Oc2cccc(-c3cccc(CN)c3)c2)c(F)cc1F)C(=O)O. The van der Waals surface area contributed by atoms with Crippen molar-refractivity contribution in [3.8, 4) is 28.6 Å². The summed E-state index contributed by atoms with van der Waals surface area (Å²) in [5.41, 5.74) is 8.34. The molecule has 31 heavy (non-hydrogen) atoms. The quantitative estimate of drug-likeness (QED) is 0.537. The van der Waals surface area contributed by atoms with Gasteiger partial charge in [-0.25, -0.2) is 13.6 Å². The standard InChI is InChI=1S/C23H22F2N2O4/c1-13(2)20(23(28)29)31-22-19(25)11-18(24)21(27-22)30-17-8-4-7-16(10-17)15-6-3-5-14(9-15)12-26/h3-11,13,20H,12,26H2,1-2H3,(H,28,29)/t20-/m1/s1. The molecule has 8 heteroatoms. The lowest BCUT2D eigenvalue weighted by Crippen LogP contribution is -2.32. The smallest absolute Gasteiger partial charge is 0.345 e. The molecule has 0 aliphatic heterocycles. The van der Waals surface area contributed by atoms with Gasteiger partial charge in [0.05, 0.1) is 0 Å². The van der Waals surface area contributed by atoms with Gasteiger partial charge in [0, 0.05) is 18.5 Å². The summed E-state index contributed by atoms with van der Waals surface area (Å²) in [5.74, 6) is -4.83. The Hall–Kier alpha value is -3.52. The van der Waals surface area contributed by atoms with E-state index in [1.807, 2.05) is 30.3 Å². The summed E-state index contributed by atoms with van der Waals surface area (Å²) in [5, 5.41) is 9.24. The fourth-order valence-electron chi connectivity index (χ4n) is 2.91. The van der Waals surface area contributed by atoms with Crippen molar-refractivity contribution in [3.63, 3.8) is 0 Å². The van der Waals surface area contributed by atoms with E-state index in [1.165, 1.54) is 0 Å². The second-order valence-electron chi connectivity index (χ2n) is 7.22. The summed E-state index contributed by atoms with van der Waals surface area (Å²) < 4.78 is 39.1. The van der Waals surface area contributed by atoms with Gasteiger partial charge in [-0.05, 0) is 34.9 Å². The first kappa shape index (κ1) is 22.2. The molecule has 0 saturated carbocycles. The second kappa shape index (κ2) is 9.53. The van der Waals surface area contributed by atoms with Crippen LogP contribution in [0.25, 0.3) is 11.1 Å². The number of hydrogen-bond donors (Lipinski definition) is 2. The van der Waals surface area contributed by atoms with Gasteiger partial charge in [0.15, 0.2) is 17.7 Å². The lowest BCUT2D eigenvalue weighted by molar-refractivity contribution is -0.147. The maximum atomic E-state index is 14.3. The van der Waals surface area contributed by atoms with E-state index >= 15 is 0 Å². The highest BCUT2D eigenvalue weighted by Gasteiger charge is 2.26. The number of halogens is 2. The monoisotopic (exact) mass is 428 g/mol. The normalized spacial score (nSPS) is 11.9. The Bertz CT molecular complexity index is 1090. The lowest BCUT2D eigenvalue weighted by Gasteiger charge is -2.18. The summed E-state index contributed by atoms with van der Waals surface area (Å²) in [6.07, 6.45) is -1.35. The molecule has 1 heterocycles. The van der Waals surface area contributed by atoms with Crippen molar-refractivity contribution in [2.24, 2.45) is 11.7 Å². The van der Waals surface area contributed by atoms with E-state index in [-0.39, 0.29) is 5.75 Å². The molecular weight excluding hydrogens is 406 g/mol. The Morgan fingerprint density at radius 3 is 2.32 bits per heavy atom. The molecule has 1 atom stereocenters. The van der Waals surface area contributed by atoms with Crippen LogP contribution in [0, 0.1) is 17.6 Å². The van der Waals surface area contributed by atoms with E-state index in [2.05, 4.69) is 4.98 Å². The Kier molecular flexibility index (Phi) is 6.81. The number of aliphatic carboxylic acids is 1. The highest BCUT2D eigenvalue weighted by atomic mass is 19.1. The van der Waals surface area contributed by atoms with Gasteiger partial charge in [0.2, 0.25) is 0 Å². The number of pyridine rings is 1. The Morgan fingerprint density at radius 2 is 1.68 bits per heavy atom. The molecule has 0 fully saturated rings. The first-order chi connectivity index (χ1) is 14.8. The van der Waals surface area contributed by atoms with Gasteiger partial charge in [0.1, 0.15) is 5.75 Å². The van der Waals surface area contributed by atoms with Gasteiger partial charge >= 0.3 is 5.97 Å². The number of hydrogen-bond acceptors (Lipinski definition) is 5. The number of aromatic nitrogens is 1. The van der Waals surface area contributed by atoms with E-state index in [1.54, 1.807) is 32.0 Å². The molecule has 2 aromatic carbocycles. The highest BCUT2D eigenvalue weighted by Crippen LogP contribution is 2.31. The summed E-state index contributed by atoms with van der Waals surface area (Å²) in [6.45, 7) is 3.59. The molecule has 0 spiro atoms. The predicted molar refractivity (Wildman–Crippen MR) is 111 cm³/mol. The summed E-state index contributed by atoms with van der Waals surface area (Å²) in [7, 11) is 0. The molecule has 1 aromatic heterocycles. The molecule has 3 N–H and O–H groups in total. The van der Waals surface area contributed by atoms with Gasteiger partial charge in [-0.2, -0.15) is 4.98 Å². The summed E-state index contributed by atoms with van der Waals surface area (Å²) in [6, 6.07) is 15.0. The lowest BCUT2D eigenvalue weighted by atomic mass is 10.0. The molecule has 162 valence electrons. The third-order valence-electron chi connectivity index (χ3n) is 4.50. The van der Waals surface area contributed by atoms with Crippen LogP contribution in [0.5, 0.6) is 17.5 Å². The van der Waals surface area contributed by atoms with Gasteiger partial charge in [0.25, 0.3) is 11.8 Å². The Balaban J connectivity index is 1.89. The minimum atomic E-state index is -1.35. The number of nitrogens with two attached hydrogens (primary N) is 1. The van der Waals surface area contributed by atoms with Gasteiger partial charge in [-0.15, -0.1) is 0 Å². The fraction of sp³-hybridized carbons (Fsp3) is 0.217.